The van der Waals surface area contributed by atoms with Crippen molar-refractivity contribution in [3.8, 4) is 0 Å². The number of benzene rings is 1. The summed E-state index contributed by atoms with van der Waals surface area (Å²) in [5.41, 5.74) is 2.72. The zero-order chi connectivity index (χ0) is 11.5. The van der Waals surface area contributed by atoms with Gasteiger partial charge in [-0.25, -0.2) is 0 Å². The van der Waals surface area contributed by atoms with E-state index >= 15 is 0 Å². The third-order valence-electron chi connectivity index (χ3n) is 3.39. The van der Waals surface area contributed by atoms with Gasteiger partial charge in [-0.2, -0.15) is 0 Å². The molecular weight excluding hydrogens is 206 g/mol. The molecular formula is C16H16N. The first-order chi connectivity index (χ1) is 8.43. The lowest BCUT2D eigenvalue weighted by Crippen LogP contribution is -2.03. The van der Waals surface area contributed by atoms with Crippen LogP contribution in [0.5, 0.6) is 0 Å². The highest BCUT2D eigenvalue weighted by Gasteiger charge is 2.32. The third-order valence-corrected chi connectivity index (χ3v) is 3.39. The molecule has 0 N–H and O–H groups in total. The number of hydrogen-bond acceptors (Lipinski definition) is 1. The van der Waals surface area contributed by atoms with E-state index in [0.29, 0.717) is 5.92 Å². The molecule has 1 unspecified atom stereocenters. The Kier molecular flexibility index (Phi) is 2.91. The molecule has 1 radical (unpaired) electrons. The Morgan fingerprint density at radius 2 is 1.71 bits per heavy atom. The topological polar surface area (TPSA) is 12.9 Å². The molecule has 3 rings (SSSR count). The summed E-state index contributed by atoms with van der Waals surface area (Å²) in [4.78, 5) is 4.07. The zero-order valence-corrected chi connectivity index (χ0v) is 9.79. The summed E-state index contributed by atoms with van der Waals surface area (Å²) >= 11 is 0. The fraction of sp³-hybridized carbons (Fsp3) is 0.250. The van der Waals surface area contributed by atoms with Crippen molar-refractivity contribution >= 4 is 0 Å². The van der Waals surface area contributed by atoms with Gasteiger partial charge >= 0.3 is 0 Å². The maximum Gasteiger partial charge on any atom is 0.0270 e. The molecule has 0 amide bonds. The molecule has 1 nitrogen and oxygen atoms in total. The van der Waals surface area contributed by atoms with E-state index in [1.807, 2.05) is 12.4 Å². The Hall–Kier alpha value is -1.63. The van der Waals surface area contributed by atoms with Gasteiger partial charge in [-0.05, 0) is 54.4 Å². The lowest BCUT2D eigenvalue weighted by molar-refractivity contribution is 0.693. The second-order valence-electron chi connectivity index (χ2n) is 4.72. The highest BCUT2D eigenvalue weighted by molar-refractivity contribution is 5.32. The minimum absolute atomic E-state index is 0.568. The van der Waals surface area contributed by atoms with Crippen LogP contribution in [0.15, 0.2) is 54.9 Å². The van der Waals surface area contributed by atoms with Crippen molar-refractivity contribution in [2.24, 2.45) is 5.92 Å². The largest absolute Gasteiger partial charge is 0.265 e. The quantitative estimate of drug-likeness (QED) is 0.766. The zero-order valence-electron chi connectivity index (χ0n) is 9.79. The standard InChI is InChI=1S/C16H16N/c1-2-4-14(5-3-1)16(15-6-7-15)12-13-8-10-17-11-9-13/h1-5,8-12,15-16H,6-7H2. The predicted molar refractivity (Wildman–Crippen MR) is 69.5 cm³/mol. The number of pyridine rings is 1. The summed E-state index contributed by atoms with van der Waals surface area (Å²) < 4.78 is 0. The Morgan fingerprint density at radius 1 is 1.00 bits per heavy atom. The molecule has 0 spiro atoms. The average Bonchev–Trinajstić information content (AvgIpc) is 3.23. The summed E-state index contributed by atoms with van der Waals surface area (Å²) in [7, 11) is 0. The lowest BCUT2D eigenvalue weighted by Gasteiger charge is -2.16. The van der Waals surface area contributed by atoms with E-state index in [2.05, 4.69) is 53.9 Å². The Labute approximate surface area is 103 Å². The fourth-order valence-corrected chi connectivity index (χ4v) is 2.32. The predicted octanol–water partition coefficient (Wildman–Crippen LogP) is 3.83. The highest BCUT2D eigenvalue weighted by Crippen LogP contribution is 2.45. The van der Waals surface area contributed by atoms with Crippen LogP contribution in [0.25, 0.3) is 0 Å². The summed E-state index contributed by atoms with van der Waals surface area (Å²) in [5, 5.41) is 0. The van der Waals surface area contributed by atoms with Gasteiger partial charge in [0.05, 0.1) is 0 Å². The van der Waals surface area contributed by atoms with Crippen molar-refractivity contribution in [3.05, 3.63) is 72.4 Å². The molecule has 1 aromatic carbocycles. The van der Waals surface area contributed by atoms with Crippen LogP contribution >= 0.6 is 0 Å². The third kappa shape index (κ3) is 2.55. The van der Waals surface area contributed by atoms with Gasteiger partial charge in [0.1, 0.15) is 0 Å². The van der Waals surface area contributed by atoms with E-state index in [-0.39, 0.29) is 0 Å². The van der Waals surface area contributed by atoms with Crippen LogP contribution in [0.4, 0.5) is 0 Å². The molecule has 1 fully saturated rings. The molecule has 1 heterocycles. The van der Waals surface area contributed by atoms with E-state index in [4.69, 9.17) is 0 Å². The molecule has 0 saturated heterocycles. The van der Waals surface area contributed by atoms with Crippen LogP contribution in [0.3, 0.4) is 0 Å². The van der Waals surface area contributed by atoms with E-state index in [9.17, 15) is 0 Å². The fourth-order valence-electron chi connectivity index (χ4n) is 2.32. The molecule has 2 aromatic rings. The van der Waals surface area contributed by atoms with E-state index < -0.39 is 0 Å². The van der Waals surface area contributed by atoms with Gasteiger partial charge in [-0.1, -0.05) is 30.3 Å². The van der Waals surface area contributed by atoms with E-state index in [1.54, 1.807) is 0 Å². The first-order valence-corrected chi connectivity index (χ1v) is 6.23. The van der Waals surface area contributed by atoms with Crippen LogP contribution < -0.4 is 0 Å². The number of nitrogens with zero attached hydrogens (tertiary/aromatic N) is 1. The highest BCUT2D eigenvalue weighted by atomic mass is 14.6. The lowest BCUT2D eigenvalue weighted by atomic mass is 9.88. The minimum Gasteiger partial charge on any atom is -0.265 e. The van der Waals surface area contributed by atoms with Crippen molar-refractivity contribution in [1.29, 1.82) is 0 Å². The molecule has 17 heavy (non-hydrogen) atoms. The summed E-state index contributed by atoms with van der Waals surface area (Å²) in [6, 6.07) is 15.0. The summed E-state index contributed by atoms with van der Waals surface area (Å²) in [6.07, 6.45) is 8.83. The van der Waals surface area contributed by atoms with Crippen molar-refractivity contribution < 1.29 is 0 Å². The Balaban J connectivity index is 1.82. The van der Waals surface area contributed by atoms with E-state index in [1.165, 1.54) is 24.0 Å². The van der Waals surface area contributed by atoms with Crippen LogP contribution in [0.1, 0.15) is 29.9 Å². The molecule has 0 aliphatic heterocycles. The van der Waals surface area contributed by atoms with Crippen molar-refractivity contribution in [2.45, 2.75) is 18.8 Å². The Bertz CT molecular complexity index is 459. The number of aromatic nitrogens is 1. The first-order valence-electron chi connectivity index (χ1n) is 6.23. The maximum atomic E-state index is 4.07. The number of hydrogen-bond donors (Lipinski definition) is 0. The van der Waals surface area contributed by atoms with Crippen molar-refractivity contribution in [3.63, 3.8) is 0 Å². The summed E-state index contributed by atoms with van der Waals surface area (Å²) in [5.74, 6) is 1.41. The molecule has 1 heteroatoms. The summed E-state index contributed by atoms with van der Waals surface area (Å²) in [6.45, 7) is 0. The van der Waals surface area contributed by atoms with Gasteiger partial charge in [-0.15, -0.1) is 0 Å². The van der Waals surface area contributed by atoms with Gasteiger partial charge in [-0.3, -0.25) is 4.98 Å². The molecule has 1 atom stereocenters. The normalized spacial score (nSPS) is 16.7. The monoisotopic (exact) mass is 222 g/mol. The molecule has 1 aliphatic rings. The van der Waals surface area contributed by atoms with Crippen LogP contribution in [0, 0.1) is 12.3 Å². The molecule has 1 saturated carbocycles. The second kappa shape index (κ2) is 4.70. The van der Waals surface area contributed by atoms with Crippen LogP contribution in [-0.2, 0) is 0 Å². The molecule has 85 valence electrons. The van der Waals surface area contributed by atoms with Gasteiger partial charge in [0.2, 0.25) is 0 Å². The van der Waals surface area contributed by atoms with Crippen molar-refractivity contribution in [1.82, 2.24) is 4.98 Å². The second-order valence-corrected chi connectivity index (χ2v) is 4.72. The van der Waals surface area contributed by atoms with E-state index in [0.717, 1.165) is 5.92 Å². The van der Waals surface area contributed by atoms with Crippen LogP contribution in [-0.4, -0.2) is 4.98 Å². The smallest absolute Gasteiger partial charge is 0.0270 e. The Morgan fingerprint density at radius 3 is 2.35 bits per heavy atom. The molecule has 0 bridgehead atoms. The van der Waals surface area contributed by atoms with Crippen LogP contribution in [0.2, 0.25) is 0 Å². The van der Waals surface area contributed by atoms with Gasteiger partial charge in [0, 0.05) is 12.4 Å². The van der Waals surface area contributed by atoms with Gasteiger partial charge in [0.15, 0.2) is 0 Å². The average molecular weight is 222 g/mol. The maximum absolute atomic E-state index is 4.07. The minimum atomic E-state index is 0.568. The molecule has 1 aromatic heterocycles. The molecule has 1 aliphatic carbocycles. The first kappa shape index (κ1) is 10.5. The SMILES string of the molecule is [CH](c1ccncc1)C(c1ccccc1)C1CC1. The van der Waals surface area contributed by atoms with Gasteiger partial charge < -0.3 is 0 Å². The van der Waals surface area contributed by atoms with Crippen molar-refractivity contribution in [2.75, 3.05) is 0 Å². The van der Waals surface area contributed by atoms with Gasteiger partial charge in [0.25, 0.3) is 0 Å². The number of rotatable bonds is 4.